The number of benzene rings is 1. The summed E-state index contributed by atoms with van der Waals surface area (Å²) in [6.07, 6.45) is 0.0932. The second kappa shape index (κ2) is 5.43. The fourth-order valence-electron chi connectivity index (χ4n) is 1.65. The van der Waals surface area contributed by atoms with E-state index >= 15 is 0 Å². The molecule has 0 aromatic heterocycles. The van der Waals surface area contributed by atoms with Gasteiger partial charge in [-0.25, -0.2) is 0 Å². The average Bonchev–Trinajstić information content (AvgIpc) is 2.26. The van der Waals surface area contributed by atoms with Crippen LogP contribution in [0, 0.1) is 0 Å². The maximum absolute atomic E-state index is 11.5. The van der Waals surface area contributed by atoms with Crippen LogP contribution >= 0.6 is 7.60 Å². The molecular formula is C13H21O4P. The molecule has 0 heterocycles. The fraction of sp³-hybridized carbons (Fsp3) is 0.538. The molecule has 1 aromatic carbocycles. The van der Waals surface area contributed by atoms with Crippen molar-refractivity contribution in [1.82, 2.24) is 0 Å². The van der Waals surface area contributed by atoms with Gasteiger partial charge in [-0.15, -0.1) is 0 Å². The zero-order chi connectivity index (χ0) is 14.0. The van der Waals surface area contributed by atoms with Gasteiger partial charge in [0.15, 0.2) is 0 Å². The highest BCUT2D eigenvalue weighted by atomic mass is 31.2. The molecule has 1 unspecified atom stereocenters. The molecule has 5 heteroatoms. The monoisotopic (exact) mass is 272 g/mol. The van der Waals surface area contributed by atoms with E-state index in [1.807, 2.05) is 20.8 Å². The van der Waals surface area contributed by atoms with E-state index in [9.17, 15) is 14.6 Å². The normalized spacial score (nSPS) is 15.4. The summed E-state index contributed by atoms with van der Waals surface area (Å²) in [6.45, 7) is 7.74. The lowest BCUT2D eigenvalue weighted by Crippen LogP contribution is -2.14. The van der Waals surface area contributed by atoms with E-state index < -0.39 is 7.60 Å². The van der Waals surface area contributed by atoms with Gasteiger partial charge in [0.05, 0.1) is 6.61 Å². The molecule has 4 nitrogen and oxygen atoms in total. The van der Waals surface area contributed by atoms with E-state index in [2.05, 4.69) is 0 Å². The van der Waals surface area contributed by atoms with E-state index in [1.165, 1.54) is 0 Å². The summed E-state index contributed by atoms with van der Waals surface area (Å²) < 4.78 is 16.5. The molecule has 0 saturated heterocycles. The minimum atomic E-state index is -3.49. The Morgan fingerprint density at radius 2 is 1.94 bits per heavy atom. The van der Waals surface area contributed by atoms with Crippen LogP contribution in [0.1, 0.15) is 38.8 Å². The van der Waals surface area contributed by atoms with Crippen molar-refractivity contribution in [1.29, 1.82) is 0 Å². The first-order chi connectivity index (χ1) is 8.15. The van der Waals surface area contributed by atoms with Gasteiger partial charge in [0.25, 0.3) is 0 Å². The Morgan fingerprint density at radius 1 is 1.33 bits per heavy atom. The van der Waals surface area contributed by atoms with Crippen molar-refractivity contribution in [2.45, 2.75) is 39.7 Å². The Balaban J connectivity index is 2.99. The Kier molecular flexibility index (Phi) is 4.60. The third kappa shape index (κ3) is 4.13. The van der Waals surface area contributed by atoms with Crippen molar-refractivity contribution in [2.75, 3.05) is 6.16 Å². The van der Waals surface area contributed by atoms with Crippen LogP contribution in [0.3, 0.4) is 0 Å². The van der Waals surface area contributed by atoms with E-state index in [-0.39, 0.29) is 23.9 Å². The van der Waals surface area contributed by atoms with Crippen molar-refractivity contribution in [3.63, 3.8) is 0 Å². The molecule has 1 atom stereocenters. The lowest BCUT2D eigenvalue weighted by atomic mass is 9.84. The molecule has 18 heavy (non-hydrogen) atoms. The van der Waals surface area contributed by atoms with Gasteiger partial charge in [0, 0.05) is 6.16 Å². The minimum absolute atomic E-state index is 0.0779. The van der Waals surface area contributed by atoms with E-state index in [0.29, 0.717) is 0 Å². The lowest BCUT2D eigenvalue weighted by Gasteiger charge is -2.23. The third-order valence-corrected chi connectivity index (χ3v) is 4.05. The van der Waals surface area contributed by atoms with Crippen LogP contribution in [0.5, 0.6) is 5.75 Å². The molecule has 2 N–H and O–H groups in total. The van der Waals surface area contributed by atoms with Crippen LogP contribution in [0.4, 0.5) is 0 Å². The highest BCUT2D eigenvalue weighted by Crippen LogP contribution is 2.42. The predicted octanol–water partition coefficient (Wildman–Crippen LogP) is 3.41. The number of aromatic hydroxyl groups is 1. The first-order valence-electron chi connectivity index (χ1n) is 5.94. The summed E-state index contributed by atoms with van der Waals surface area (Å²) in [5.74, 6) is 0.186. The molecule has 0 radical (unpaired) electrons. The lowest BCUT2D eigenvalue weighted by molar-refractivity contribution is 0.249. The van der Waals surface area contributed by atoms with Gasteiger partial charge in [-0.3, -0.25) is 4.57 Å². The summed E-state index contributed by atoms with van der Waals surface area (Å²) in [5, 5.41) is 9.53. The van der Waals surface area contributed by atoms with Crippen LogP contribution in [-0.4, -0.2) is 16.2 Å². The summed E-state index contributed by atoms with van der Waals surface area (Å²) in [7, 11) is -3.49. The zero-order valence-corrected chi connectivity index (χ0v) is 12.2. The Hall–Kier alpha value is -0.830. The highest BCUT2D eigenvalue weighted by molar-refractivity contribution is 7.52. The van der Waals surface area contributed by atoms with Gasteiger partial charge >= 0.3 is 7.60 Å². The predicted molar refractivity (Wildman–Crippen MR) is 72.0 cm³/mol. The molecule has 0 aliphatic rings. The number of hydrogen-bond donors (Lipinski definition) is 2. The minimum Gasteiger partial charge on any atom is -0.508 e. The maximum atomic E-state index is 11.5. The zero-order valence-electron chi connectivity index (χ0n) is 11.3. The topological polar surface area (TPSA) is 66.8 Å². The highest BCUT2D eigenvalue weighted by Gasteiger charge is 2.21. The smallest absolute Gasteiger partial charge is 0.328 e. The molecular weight excluding hydrogens is 251 g/mol. The SMILES string of the molecule is CCP(=O)(O)OCc1ccc(O)cc1C(C)(C)C. The van der Waals surface area contributed by atoms with Crippen molar-refractivity contribution in [3.8, 4) is 5.75 Å². The van der Waals surface area contributed by atoms with Gasteiger partial charge in [-0.1, -0.05) is 33.8 Å². The molecule has 0 aliphatic heterocycles. The Morgan fingerprint density at radius 3 is 2.44 bits per heavy atom. The molecule has 102 valence electrons. The quantitative estimate of drug-likeness (QED) is 0.824. The molecule has 1 rings (SSSR count). The van der Waals surface area contributed by atoms with Crippen LogP contribution in [0.15, 0.2) is 18.2 Å². The number of phenols is 1. The molecule has 0 spiro atoms. The fourth-order valence-corrected chi connectivity index (χ4v) is 2.17. The number of rotatable bonds is 4. The van der Waals surface area contributed by atoms with Crippen LogP contribution in [0.25, 0.3) is 0 Å². The van der Waals surface area contributed by atoms with Gasteiger partial charge in [-0.05, 0) is 28.7 Å². The van der Waals surface area contributed by atoms with Crippen LogP contribution in [-0.2, 0) is 21.1 Å². The molecule has 0 aliphatic carbocycles. The van der Waals surface area contributed by atoms with Gasteiger partial charge < -0.3 is 14.5 Å². The standard InChI is InChI=1S/C13H21O4P/c1-5-18(15,16)17-9-10-6-7-11(14)8-12(10)13(2,3)4/h6-8,14H,5,9H2,1-4H3,(H,15,16). The van der Waals surface area contributed by atoms with E-state index in [0.717, 1.165) is 11.1 Å². The molecule has 0 bridgehead atoms. The third-order valence-electron chi connectivity index (χ3n) is 2.72. The summed E-state index contributed by atoms with van der Waals surface area (Å²) >= 11 is 0. The summed E-state index contributed by atoms with van der Waals surface area (Å²) in [6, 6.07) is 4.96. The second-order valence-corrected chi connectivity index (χ2v) is 7.48. The van der Waals surface area contributed by atoms with Gasteiger partial charge in [0.2, 0.25) is 0 Å². The first-order valence-corrected chi connectivity index (χ1v) is 7.71. The molecule has 0 saturated carbocycles. The maximum Gasteiger partial charge on any atom is 0.328 e. The Bertz CT molecular complexity index is 463. The van der Waals surface area contributed by atoms with Crippen LogP contribution < -0.4 is 0 Å². The molecule has 1 aromatic rings. The van der Waals surface area contributed by atoms with Crippen molar-refractivity contribution >= 4 is 7.60 Å². The summed E-state index contributed by atoms with van der Waals surface area (Å²) in [4.78, 5) is 9.42. The first kappa shape index (κ1) is 15.2. The van der Waals surface area contributed by atoms with Crippen molar-refractivity contribution in [2.24, 2.45) is 0 Å². The average molecular weight is 272 g/mol. The van der Waals surface area contributed by atoms with E-state index in [4.69, 9.17) is 4.52 Å². The van der Waals surface area contributed by atoms with Crippen molar-refractivity contribution in [3.05, 3.63) is 29.3 Å². The Labute approximate surface area is 108 Å². The number of phenolic OH excluding ortho intramolecular Hbond substituents is 1. The van der Waals surface area contributed by atoms with Gasteiger partial charge in [-0.2, -0.15) is 0 Å². The van der Waals surface area contributed by atoms with Crippen molar-refractivity contribution < 1.29 is 19.1 Å². The number of hydrogen-bond acceptors (Lipinski definition) is 3. The van der Waals surface area contributed by atoms with Gasteiger partial charge in [0.1, 0.15) is 5.75 Å². The molecule has 0 amide bonds. The van der Waals surface area contributed by atoms with Crippen LogP contribution in [0.2, 0.25) is 0 Å². The van der Waals surface area contributed by atoms with E-state index in [1.54, 1.807) is 25.1 Å². The largest absolute Gasteiger partial charge is 0.508 e. The molecule has 0 fully saturated rings. The second-order valence-electron chi connectivity index (χ2n) is 5.32. The summed E-state index contributed by atoms with van der Waals surface area (Å²) in [5.41, 5.74) is 1.57.